The van der Waals surface area contributed by atoms with Gasteiger partial charge < -0.3 is 25.4 Å². The lowest BCUT2D eigenvalue weighted by molar-refractivity contribution is 0.0620. The summed E-state index contributed by atoms with van der Waals surface area (Å²) >= 11 is 3.16. The van der Waals surface area contributed by atoms with Crippen molar-refractivity contribution in [2.45, 2.75) is 29.5 Å². The third-order valence-corrected chi connectivity index (χ3v) is 9.43. The molecule has 0 radical (unpaired) electrons. The topological polar surface area (TPSA) is 150 Å². The molecule has 6 aromatic rings. The second-order valence-electron chi connectivity index (χ2n) is 10.6. The maximum absolute atomic E-state index is 10.8. The van der Waals surface area contributed by atoms with Gasteiger partial charge in [-0.3, -0.25) is 9.97 Å². The maximum Gasteiger partial charge on any atom is 0.210 e. The van der Waals surface area contributed by atoms with Gasteiger partial charge in [0.1, 0.15) is 30.8 Å². The molecule has 0 unspecified atom stereocenters. The molecule has 3 N–H and O–H groups in total. The minimum absolute atomic E-state index is 0.0574. The van der Waals surface area contributed by atoms with Crippen LogP contribution in [0.3, 0.4) is 0 Å². The van der Waals surface area contributed by atoms with Gasteiger partial charge in [0.15, 0.2) is 11.6 Å². The van der Waals surface area contributed by atoms with Crippen LogP contribution in [0.25, 0.3) is 22.8 Å². The van der Waals surface area contributed by atoms with E-state index in [1.54, 1.807) is 48.3 Å². The van der Waals surface area contributed by atoms with E-state index in [0.29, 0.717) is 46.6 Å². The predicted octanol–water partition coefficient (Wildman–Crippen LogP) is 4.50. The number of hydrogen-bond donors (Lipinski definition) is 3. The van der Waals surface area contributed by atoms with Crippen molar-refractivity contribution in [3.05, 3.63) is 109 Å². The van der Waals surface area contributed by atoms with E-state index in [1.165, 1.54) is 0 Å². The molecule has 1 aliphatic rings. The third kappa shape index (κ3) is 7.38. The fourth-order valence-corrected chi connectivity index (χ4v) is 6.76. The number of nitrogens with one attached hydrogen (secondary N) is 2. The van der Waals surface area contributed by atoms with E-state index < -0.39 is 6.10 Å². The smallest absolute Gasteiger partial charge is 0.210 e. The second-order valence-corrected chi connectivity index (χ2v) is 12.7. The van der Waals surface area contributed by atoms with Crippen LogP contribution >= 0.6 is 23.5 Å². The van der Waals surface area contributed by atoms with Crippen molar-refractivity contribution >= 4 is 23.5 Å². The molecule has 1 aliphatic heterocycles. The lowest BCUT2D eigenvalue weighted by Gasteiger charge is -2.18. The molecule has 4 aromatic heterocycles. The Labute approximate surface area is 285 Å². The molecule has 2 aromatic carbocycles. The Balaban J connectivity index is 1.19. The highest BCUT2D eigenvalue weighted by atomic mass is 32.2. The molecule has 7 rings (SSSR count). The Morgan fingerprint density at radius 2 is 1.10 bits per heavy atom. The first kappa shape index (κ1) is 31.5. The highest BCUT2D eigenvalue weighted by molar-refractivity contribution is 8.02. The van der Waals surface area contributed by atoms with E-state index in [0.717, 1.165) is 33.8 Å². The van der Waals surface area contributed by atoms with Gasteiger partial charge >= 0.3 is 0 Å². The summed E-state index contributed by atoms with van der Waals surface area (Å²) in [6.45, 7) is 0.967. The summed E-state index contributed by atoms with van der Waals surface area (Å²) in [5.41, 5.74) is 10.5. The van der Waals surface area contributed by atoms with Crippen LogP contribution in [0.5, 0.6) is 11.5 Å². The van der Waals surface area contributed by atoms with Crippen molar-refractivity contribution in [3.8, 4) is 34.3 Å². The Bertz CT molecular complexity index is 1800. The first-order valence-electron chi connectivity index (χ1n) is 15.3. The van der Waals surface area contributed by atoms with E-state index >= 15 is 0 Å². The van der Waals surface area contributed by atoms with E-state index in [2.05, 4.69) is 41.2 Å². The van der Waals surface area contributed by atoms with Gasteiger partial charge in [-0.15, -0.1) is 20.4 Å². The Morgan fingerprint density at radius 3 is 1.56 bits per heavy atom. The molecule has 0 amide bonds. The molecule has 48 heavy (non-hydrogen) atoms. The number of aromatic nitrogens is 8. The fraction of sp³-hybridized carbons (Fsp3) is 0.212. The lowest BCUT2D eigenvalue weighted by atomic mass is 10.2. The number of para-hydroxylation sites is 2. The van der Waals surface area contributed by atoms with Gasteiger partial charge in [-0.05, 0) is 36.4 Å². The number of hydrogen-bond acceptors (Lipinski definition) is 13. The molecule has 5 heterocycles. The zero-order valence-corrected chi connectivity index (χ0v) is 27.3. The Morgan fingerprint density at radius 1 is 0.625 bits per heavy atom. The van der Waals surface area contributed by atoms with Gasteiger partial charge in [0, 0.05) is 58.5 Å². The van der Waals surface area contributed by atoms with Crippen molar-refractivity contribution < 1.29 is 14.6 Å². The monoisotopic (exact) mass is 680 g/mol. The van der Waals surface area contributed by atoms with Crippen LogP contribution in [0.2, 0.25) is 0 Å². The van der Waals surface area contributed by atoms with Gasteiger partial charge in [0.25, 0.3) is 0 Å². The Hall–Kier alpha value is -5.12. The molecule has 0 saturated heterocycles. The van der Waals surface area contributed by atoms with Gasteiger partial charge in [-0.1, -0.05) is 59.9 Å². The zero-order chi connectivity index (χ0) is 32.5. The van der Waals surface area contributed by atoms with Crippen molar-refractivity contribution in [3.63, 3.8) is 0 Å². The van der Waals surface area contributed by atoms with Gasteiger partial charge in [0.2, 0.25) is 10.3 Å². The van der Waals surface area contributed by atoms with E-state index in [-0.39, 0.29) is 13.2 Å². The molecular weight excluding hydrogens is 649 g/mol. The molecule has 244 valence electrons. The average Bonchev–Trinajstić information content (AvgIpc) is 3.74. The number of thioether (sulfide) groups is 2. The lowest BCUT2D eigenvalue weighted by Crippen LogP contribution is -2.26. The van der Waals surface area contributed by atoms with Crippen LogP contribution in [-0.2, 0) is 13.1 Å². The number of fused-ring (bicyclic) bond motifs is 4. The van der Waals surface area contributed by atoms with Crippen LogP contribution in [0.15, 0.2) is 108 Å². The minimum atomic E-state index is -0.864. The summed E-state index contributed by atoms with van der Waals surface area (Å²) in [4.78, 5) is 8.55. The summed E-state index contributed by atoms with van der Waals surface area (Å²) in [5.74, 6) is 4.06. The van der Waals surface area contributed by atoms with Crippen LogP contribution in [-0.4, -0.2) is 75.6 Å². The highest BCUT2D eigenvalue weighted by Crippen LogP contribution is 2.28. The van der Waals surface area contributed by atoms with E-state index in [4.69, 9.17) is 9.47 Å². The molecule has 0 aliphatic carbocycles. The number of aliphatic hydroxyl groups excluding tert-OH is 1. The third-order valence-electron chi connectivity index (χ3n) is 7.31. The fourth-order valence-electron chi connectivity index (χ4n) is 4.97. The average molecular weight is 681 g/mol. The zero-order valence-electron chi connectivity index (χ0n) is 25.7. The van der Waals surface area contributed by atoms with Crippen LogP contribution in [0.4, 0.5) is 0 Å². The molecule has 0 bridgehead atoms. The number of pyridine rings is 2. The van der Waals surface area contributed by atoms with Crippen molar-refractivity contribution in [2.24, 2.45) is 0 Å². The maximum atomic E-state index is 10.8. The number of aliphatic hydroxyl groups is 1. The molecule has 0 atom stereocenters. The summed E-state index contributed by atoms with van der Waals surface area (Å²) in [6.07, 6.45) is 6.11. The Kier molecular flexibility index (Phi) is 9.96. The molecular formula is C33H32N10O3S2. The SMILES string of the molecule is OC1COc2ccccc2CNn2c(nnc2-c2cccnc2)SCCSc2nnc(-c3cccnc3)n2NCc2ccccc2OC1. The number of ether oxygens (including phenoxy) is 2. The van der Waals surface area contributed by atoms with Crippen molar-refractivity contribution in [1.29, 1.82) is 0 Å². The quantitative estimate of drug-likeness (QED) is 0.236. The van der Waals surface area contributed by atoms with E-state index in [1.807, 2.05) is 82.1 Å². The summed E-state index contributed by atoms with van der Waals surface area (Å²) in [6, 6.07) is 23.1. The largest absolute Gasteiger partial charge is 0.490 e. The predicted molar refractivity (Wildman–Crippen MR) is 184 cm³/mol. The highest BCUT2D eigenvalue weighted by Gasteiger charge is 2.19. The van der Waals surface area contributed by atoms with Gasteiger partial charge in [-0.25, -0.2) is 9.35 Å². The molecule has 13 nitrogen and oxygen atoms in total. The first-order valence-corrected chi connectivity index (χ1v) is 17.2. The van der Waals surface area contributed by atoms with Crippen molar-refractivity contribution in [1.82, 2.24) is 39.7 Å². The standard InChI is InChI=1S/C33H32N10O3S2/c44-27-21-45-28-11-3-1-7-23(28)19-36-42-30(25-9-5-13-34-17-25)38-40-32(42)47-15-16-48-33-41-39-31(26-10-6-14-35-18-26)43(33)37-20-24-8-2-4-12-29(24)46-22-27/h1-14,17-18,27,36-37,44H,15-16,19-22H2. The molecule has 0 spiro atoms. The minimum Gasteiger partial charge on any atom is -0.490 e. The van der Waals surface area contributed by atoms with Crippen LogP contribution in [0, 0.1) is 0 Å². The van der Waals surface area contributed by atoms with Gasteiger partial charge in [-0.2, -0.15) is 0 Å². The molecule has 0 fully saturated rings. The first-order chi connectivity index (χ1) is 23.7. The number of nitrogens with zero attached hydrogens (tertiary/aromatic N) is 8. The summed E-state index contributed by atoms with van der Waals surface area (Å²) in [7, 11) is 0. The normalized spacial score (nSPS) is 14.7. The molecule has 15 heteroatoms. The van der Waals surface area contributed by atoms with Crippen LogP contribution in [0.1, 0.15) is 11.1 Å². The summed E-state index contributed by atoms with van der Waals surface area (Å²) < 4.78 is 16.0. The number of rotatable bonds is 2. The van der Waals surface area contributed by atoms with E-state index in [9.17, 15) is 5.11 Å². The number of benzene rings is 2. The van der Waals surface area contributed by atoms with Crippen LogP contribution < -0.4 is 20.3 Å². The second kappa shape index (κ2) is 15.2. The summed E-state index contributed by atoms with van der Waals surface area (Å²) in [5, 5.41) is 30.3. The van der Waals surface area contributed by atoms with Crippen molar-refractivity contribution in [2.75, 3.05) is 35.6 Å². The molecule has 0 saturated carbocycles. The van der Waals surface area contributed by atoms with Gasteiger partial charge in [0.05, 0.1) is 13.1 Å².